The maximum atomic E-state index is 12.9. The molecule has 0 saturated heterocycles. The van der Waals surface area contributed by atoms with E-state index in [9.17, 15) is 13.2 Å². The van der Waals surface area contributed by atoms with Gasteiger partial charge in [-0.3, -0.25) is 9.52 Å². The van der Waals surface area contributed by atoms with Crippen LogP contribution in [0.15, 0.2) is 53.4 Å². The lowest BCUT2D eigenvalue weighted by atomic mass is 10.1. The summed E-state index contributed by atoms with van der Waals surface area (Å²) in [6.45, 7) is 1.94. The van der Waals surface area contributed by atoms with Crippen molar-refractivity contribution in [1.29, 1.82) is 0 Å². The molecule has 1 amide bonds. The average molecular weight is 401 g/mol. The van der Waals surface area contributed by atoms with Crippen molar-refractivity contribution >= 4 is 21.6 Å². The first-order chi connectivity index (χ1) is 13.4. The fourth-order valence-electron chi connectivity index (χ4n) is 3.65. The number of hydrogen-bond acceptors (Lipinski definition) is 3. The molecular weight excluding hydrogens is 372 g/mol. The largest absolute Gasteiger partial charge is 0.339 e. The first kappa shape index (κ1) is 20.4. The zero-order valence-electron chi connectivity index (χ0n) is 16.5. The number of carbonyl (C=O) groups is 1. The van der Waals surface area contributed by atoms with E-state index in [0.717, 1.165) is 31.2 Å². The number of aryl methyl sites for hydroxylation is 1. The Morgan fingerprint density at radius 1 is 1.00 bits per heavy atom. The number of anilines is 1. The molecule has 0 radical (unpaired) electrons. The molecule has 2 aromatic rings. The Bertz CT molecular complexity index is 915. The Labute approximate surface area is 167 Å². The molecule has 6 heteroatoms. The first-order valence-electron chi connectivity index (χ1n) is 9.83. The third kappa shape index (κ3) is 4.93. The molecule has 1 N–H and O–H groups in total. The molecule has 0 spiro atoms. The van der Waals surface area contributed by atoms with Crippen LogP contribution in [0.1, 0.15) is 54.4 Å². The molecule has 5 nitrogen and oxygen atoms in total. The predicted molar refractivity (Wildman–Crippen MR) is 112 cm³/mol. The summed E-state index contributed by atoms with van der Waals surface area (Å²) < 4.78 is 28.1. The van der Waals surface area contributed by atoms with E-state index in [1.54, 1.807) is 29.2 Å². The molecule has 3 rings (SSSR count). The van der Waals surface area contributed by atoms with Gasteiger partial charge in [0.2, 0.25) is 0 Å². The fraction of sp³-hybridized carbons (Fsp3) is 0.409. The lowest BCUT2D eigenvalue weighted by Gasteiger charge is -2.27. The number of sulfonamides is 1. The number of carbonyl (C=O) groups excluding carboxylic acids is 1. The van der Waals surface area contributed by atoms with Crippen molar-refractivity contribution in [1.82, 2.24) is 4.90 Å². The van der Waals surface area contributed by atoms with Gasteiger partial charge in [0.05, 0.1) is 4.90 Å². The number of nitrogens with zero attached hydrogens (tertiary/aromatic N) is 1. The predicted octanol–water partition coefficient (Wildman–Crippen LogP) is 4.59. The average Bonchev–Trinajstić information content (AvgIpc) is 2.98. The minimum absolute atomic E-state index is 0.0909. The third-order valence-corrected chi connectivity index (χ3v) is 6.77. The molecule has 150 valence electrons. The molecule has 28 heavy (non-hydrogen) atoms. The highest BCUT2D eigenvalue weighted by Crippen LogP contribution is 2.23. The van der Waals surface area contributed by atoms with Crippen LogP contribution >= 0.6 is 0 Å². The van der Waals surface area contributed by atoms with Crippen molar-refractivity contribution in [2.75, 3.05) is 11.8 Å². The number of nitrogens with one attached hydrogen (secondary N) is 1. The molecule has 0 heterocycles. The molecule has 0 bridgehead atoms. The molecule has 1 fully saturated rings. The standard InChI is InChI=1S/C22H28N2O3S/c1-17-12-14-19(15-13-17)23-28(26,27)21-11-7-8-18(16-21)22(25)24(2)20-9-5-3-4-6-10-20/h7-8,11-16,20,23H,3-6,9-10H2,1-2H3. The normalized spacial score (nSPS) is 15.6. The highest BCUT2D eigenvalue weighted by molar-refractivity contribution is 7.92. The molecular formula is C22H28N2O3S. The van der Waals surface area contributed by atoms with Gasteiger partial charge in [0.15, 0.2) is 0 Å². The van der Waals surface area contributed by atoms with E-state index in [1.165, 1.54) is 25.0 Å². The van der Waals surface area contributed by atoms with Gasteiger partial charge >= 0.3 is 0 Å². The number of hydrogen-bond donors (Lipinski definition) is 1. The van der Waals surface area contributed by atoms with E-state index in [1.807, 2.05) is 26.1 Å². The molecule has 0 atom stereocenters. The van der Waals surface area contributed by atoms with Gasteiger partial charge in [-0.15, -0.1) is 0 Å². The lowest BCUT2D eigenvalue weighted by molar-refractivity contribution is 0.0717. The second-order valence-electron chi connectivity index (χ2n) is 7.56. The minimum atomic E-state index is -3.76. The van der Waals surface area contributed by atoms with Crippen molar-refractivity contribution < 1.29 is 13.2 Å². The molecule has 1 aliphatic rings. The summed E-state index contributed by atoms with van der Waals surface area (Å²) in [6, 6.07) is 13.6. The van der Waals surface area contributed by atoms with Gasteiger partial charge in [-0.25, -0.2) is 8.42 Å². The van der Waals surface area contributed by atoms with Gasteiger partial charge in [0.25, 0.3) is 15.9 Å². The zero-order chi connectivity index (χ0) is 20.1. The van der Waals surface area contributed by atoms with Crippen molar-refractivity contribution in [3.8, 4) is 0 Å². The topological polar surface area (TPSA) is 66.5 Å². The van der Waals surface area contributed by atoms with Gasteiger partial charge in [-0.2, -0.15) is 0 Å². The molecule has 2 aromatic carbocycles. The quantitative estimate of drug-likeness (QED) is 0.747. The summed E-state index contributed by atoms with van der Waals surface area (Å²) >= 11 is 0. The maximum Gasteiger partial charge on any atom is 0.261 e. The van der Waals surface area contributed by atoms with Gasteiger partial charge < -0.3 is 4.90 Å². The van der Waals surface area contributed by atoms with Crippen LogP contribution in [0.4, 0.5) is 5.69 Å². The molecule has 0 aliphatic heterocycles. The van der Waals surface area contributed by atoms with E-state index < -0.39 is 10.0 Å². The van der Waals surface area contributed by atoms with E-state index in [4.69, 9.17) is 0 Å². The second kappa shape index (κ2) is 8.78. The maximum absolute atomic E-state index is 12.9. The monoisotopic (exact) mass is 400 g/mol. The Morgan fingerprint density at radius 3 is 2.29 bits per heavy atom. The van der Waals surface area contributed by atoms with Crippen LogP contribution in [0, 0.1) is 6.92 Å². The minimum Gasteiger partial charge on any atom is -0.339 e. The number of rotatable bonds is 5. The summed E-state index contributed by atoms with van der Waals surface area (Å²) in [5.41, 5.74) is 1.95. The van der Waals surface area contributed by atoms with Crippen molar-refractivity contribution in [3.05, 3.63) is 59.7 Å². The Kier molecular flexibility index (Phi) is 6.39. The van der Waals surface area contributed by atoms with Crippen molar-refractivity contribution in [2.24, 2.45) is 0 Å². The molecule has 0 unspecified atom stereocenters. The third-order valence-electron chi connectivity index (χ3n) is 5.39. The highest BCUT2D eigenvalue weighted by Gasteiger charge is 2.23. The van der Waals surface area contributed by atoms with Crippen LogP contribution in [-0.4, -0.2) is 32.3 Å². The van der Waals surface area contributed by atoms with E-state index >= 15 is 0 Å². The number of benzene rings is 2. The van der Waals surface area contributed by atoms with Gasteiger partial charge in [0.1, 0.15) is 0 Å². The summed E-state index contributed by atoms with van der Waals surface area (Å²) in [5, 5.41) is 0. The summed E-state index contributed by atoms with van der Waals surface area (Å²) in [7, 11) is -1.94. The van der Waals surface area contributed by atoms with E-state index in [0.29, 0.717) is 11.3 Å². The van der Waals surface area contributed by atoms with E-state index in [-0.39, 0.29) is 16.8 Å². The van der Waals surface area contributed by atoms with Crippen LogP contribution in [0.25, 0.3) is 0 Å². The van der Waals surface area contributed by atoms with Gasteiger partial charge in [-0.05, 0) is 50.1 Å². The lowest BCUT2D eigenvalue weighted by Crippen LogP contribution is -2.36. The smallest absolute Gasteiger partial charge is 0.261 e. The SMILES string of the molecule is Cc1ccc(NS(=O)(=O)c2cccc(C(=O)N(C)C3CCCCCC3)c2)cc1. The summed E-state index contributed by atoms with van der Waals surface area (Å²) in [6.07, 6.45) is 6.73. The Hall–Kier alpha value is -2.34. The van der Waals surface area contributed by atoms with Crippen molar-refractivity contribution in [3.63, 3.8) is 0 Å². The Morgan fingerprint density at radius 2 is 1.64 bits per heavy atom. The second-order valence-corrected chi connectivity index (χ2v) is 9.24. The van der Waals surface area contributed by atoms with Crippen LogP contribution in [0.5, 0.6) is 0 Å². The van der Waals surface area contributed by atoms with Crippen LogP contribution in [-0.2, 0) is 10.0 Å². The van der Waals surface area contributed by atoms with E-state index in [2.05, 4.69) is 4.72 Å². The Balaban J connectivity index is 1.78. The summed E-state index contributed by atoms with van der Waals surface area (Å²) in [4.78, 5) is 14.8. The van der Waals surface area contributed by atoms with Crippen LogP contribution in [0.3, 0.4) is 0 Å². The van der Waals surface area contributed by atoms with Crippen LogP contribution < -0.4 is 4.72 Å². The fourth-order valence-corrected chi connectivity index (χ4v) is 4.75. The highest BCUT2D eigenvalue weighted by atomic mass is 32.2. The van der Waals surface area contributed by atoms with Gasteiger partial charge in [0, 0.05) is 24.3 Å². The zero-order valence-corrected chi connectivity index (χ0v) is 17.3. The van der Waals surface area contributed by atoms with Crippen LogP contribution in [0.2, 0.25) is 0 Å². The van der Waals surface area contributed by atoms with Crippen molar-refractivity contribution in [2.45, 2.75) is 56.4 Å². The summed E-state index contributed by atoms with van der Waals surface area (Å²) in [5.74, 6) is -0.126. The first-order valence-corrected chi connectivity index (χ1v) is 11.3. The number of amides is 1. The molecule has 0 aromatic heterocycles. The van der Waals surface area contributed by atoms with Gasteiger partial charge in [-0.1, -0.05) is 49.4 Å². The molecule has 1 saturated carbocycles. The molecule has 1 aliphatic carbocycles.